The number of carbonyl (C=O) groups is 1. The molecular weight excluding hydrogens is 420 g/mol. The van der Waals surface area contributed by atoms with Gasteiger partial charge in [-0.15, -0.1) is 0 Å². The second-order valence-corrected chi connectivity index (χ2v) is 8.83. The molecule has 160 valence electrons. The van der Waals surface area contributed by atoms with Crippen LogP contribution in [0.1, 0.15) is 34.5 Å². The maximum absolute atomic E-state index is 13.8. The molecule has 0 N–H and O–H groups in total. The maximum Gasteiger partial charge on any atom is 0.267 e. The van der Waals surface area contributed by atoms with Crippen LogP contribution in [0, 0.1) is 0 Å². The molecule has 6 nitrogen and oxygen atoms in total. The van der Waals surface area contributed by atoms with Crippen molar-refractivity contribution in [2.45, 2.75) is 31.2 Å². The topological polar surface area (TPSA) is 68.1 Å². The summed E-state index contributed by atoms with van der Waals surface area (Å²) in [7, 11) is 0. The highest BCUT2D eigenvalue weighted by molar-refractivity contribution is 7.99. The Morgan fingerprint density at radius 3 is 2.72 bits per heavy atom. The lowest BCUT2D eigenvalue weighted by Gasteiger charge is -2.30. The standard InChI is InChI=1S/C25H22N4O2S/c1-17(18-7-3-2-4-8-18)29(16-19-11-12-26-22-10-6-5-9-20(19)22)24(31)21-15-27-25-28(23(21)30)13-14-32-25/h2-12,15,17H,13-14,16H2,1H3. The summed E-state index contributed by atoms with van der Waals surface area (Å²) in [5, 5.41) is 1.67. The zero-order chi connectivity index (χ0) is 22.1. The van der Waals surface area contributed by atoms with Gasteiger partial charge in [0.2, 0.25) is 0 Å². The summed E-state index contributed by atoms with van der Waals surface area (Å²) >= 11 is 1.54. The number of hydrogen-bond acceptors (Lipinski definition) is 5. The predicted molar refractivity (Wildman–Crippen MR) is 126 cm³/mol. The van der Waals surface area contributed by atoms with Gasteiger partial charge in [-0.3, -0.25) is 19.1 Å². The number of aromatic nitrogens is 3. The zero-order valence-corrected chi connectivity index (χ0v) is 18.5. The highest BCUT2D eigenvalue weighted by Gasteiger charge is 2.28. The molecule has 0 fully saturated rings. The van der Waals surface area contributed by atoms with Gasteiger partial charge in [-0.1, -0.05) is 60.3 Å². The van der Waals surface area contributed by atoms with Crippen LogP contribution in [-0.2, 0) is 13.1 Å². The Bertz CT molecular complexity index is 1350. The van der Waals surface area contributed by atoms with E-state index in [2.05, 4.69) is 9.97 Å². The van der Waals surface area contributed by atoms with E-state index in [0.29, 0.717) is 18.2 Å². The molecule has 0 radical (unpaired) electrons. The summed E-state index contributed by atoms with van der Waals surface area (Å²) < 4.78 is 1.60. The molecule has 1 amide bonds. The van der Waals surface area contributed by atoms with E-state index in [1.54, 1.807) is 15.7 Å². The maximum atomic E-state index is 13.8. The van der Waals surface area contributed by atoms with E-state index in [0.717, 1.165) is 27.8 Å². The van der Waals surface area contributed by atoms with Gasteiger partial charge < -0.3 is 4.90 Å². The molecule has 32 heavy (non-hydrogen) atoms. The van der Waals surface area contributed by atoms with Gasteiger partial charge in [-0.05, 0) is 30.2 Å². The molecule has 2 aromatic carbocycles. The molecule has 2 aromatic heterocycles. The van der Waals surface area contributed by atoms with E-state index in [-0.39, 0.29) is 23.1 Å². The van der Waals surface area contributed by atoms with Crippen LogP contribution in [0.5, 0.6) is 0 Å². The average molecular weight is 443 g/mol. The van der Waals surface area contributed by atoms with Gasteiger partial charge in [-0.25, -0.2) is 4.98 Å². The number of hydrogen-bond donors (Lipinski definition) is 0. The lowest BCUT2D eigenvalue weighted by molar-refractivity contribution is 0.0671. The van der Waals surface area contributed by atoms with Crippen molar-refractivity contribution in [3.05, 3.63) is 100 Å². The fourth-order valence-electron chi connectivity index (χ4n) is 4.09. The van der Waals surface area contributed by atoms with Crippen molar-refractivity contribution < 1.29 is 4.79 Å². The molecular formula is C25H22N4O2S. The highest BCUT2D eigenvalue weighted by atomic mass is 32.2. The number of nitrogens with zero attached hydrogens (tertiary/aromatic N) is 4. The van der Waals surface area contributed by atoms with Crippen LogP contribution in [0.2, 0.25) is 0 Å². The van der Waals surface area contributed by atoms with Gasteiger partial charge in [-0.2, -0.15) is 0 Å². The van der Waals surface area contributed by atoms with E-state index < -0.39 is 0 Å². The second kappa shape index (κ2) is 8.59. The van der Waals surface area contributed by atoms with Crippen LogP contribution in [0.25, 0.3) is 10.9 Å². The van der Waals surface area contributed by atoms with Crippen molar-refractivity contribution in [3.63, 3.8) is 0 Å². The molecule has 1 aliphatic rings. The minimum absolute atomic E-state index is 0.109. The number of carbonyl (C=O) groups excluding carboxylic acids is 1. The van der Waals surface area contributed by atoms with Gasteiger partial charge >= 0.3 is 0 Å². The van der Waals surface area contributed by atoms with E-state index in [1.807, 2.05) is 67.6 Å². The lowest BCUT2D eigenvalue weighted by atomic mass is 10.0. The molecule has 0 bridgehead atoms. The molecule has 0 saturated carbocycles. The van der Waals surface area contributed by atoms with Crippen molar-refractivity contribution in [3.8, 4) is 0 Å². The van der Waals surface area contributed by atoms with Crippen LogP contribution in [-0.4, -0.2) is 31.1 Å². The number of amides is 1. The SMILES string of the molecule is CC(c1ccccc1)N(Cc1ccnc2ccccc12)C(=O)c1cnc2n(c1=O)CCS2. The number of pyridine rings is 1. The Morgan fingerprint density at radius 1 is 1.09 bits per heavy atom. The normalized spacial score (nSPS) is 13.7. The van der Waals surface area contributed by atoms with E-state index >= 15 is 0 Å². The third-order valence-corrected chi connectivity index (χ3v) is 6.85. The molecule has 0 aliphatic carbocycles. The molecule has 5 rings (SSSR count). The van der Waals surface area contributed by atoms with E-state index in [1.165, 1.54) is 18.0 Å². The quantitative estimate of drug-likeness (QED) is 0.431. The summed E-state index contributed by atoms with van der Waals surface area (Å²) in [5.41, 5.74) is 2.70. The minimum Gasteiger partial charge on any atom is -0.327 e. The number of thioether (sulfide) groups is 1. The zero-order valence-electron chi connectivity index (χ0n) is 17.6. The molecule has 0 saturated heterocycles. The summed E-state index contributed by atoms with van der Waals surface area (Å²) in [6, 6.07) is 19.5. The molecule has 1 unspecified atom stereocenters. The van der Waals surface area contributed by atoms with Crippen molar-refractivity contribution in [1.82, 2.24) is 19.4 Å². The lowest BCUT2D eigenvalue weighted by Crippen LogP contribution is -2.38. The fraction of sp³-hybridized carbons (Fsp3) is 0.200. The van der Waals surface area contributed by atoms with Crippen molar-refractivity contribution >= 4 is 28.6 Å². The van der Waals surface area contributed by atoms with Gasteiger partial charge in [0, 0.05) is 36.6 Å². The van der Waals surface area contributed by atoms with Crippen molar-refractivity contribution in [2.24, 2.45) is 0 Å². The molecule has 4 aromatic rings. The van der Waals surface area contributed by atoms with Gasteiger partial charge in [0.25, 0.3) is 11.5 Å². The van der Waals surface area contributed by atoms with Crippen LogP contribution in [0.4, 0.5) is 0 Å². The smallest absolute Gasteiger partial charge is 0.267 e. The number of rotatable bonds is 5. The van der Waals surface area contributed by atoms with Crippen LogP contribution >= 0.6 is 11.8 Å². The summed E-state index contributed by atoms with van der Waals surface area (Å²) in [6.45, 7) is 2.93. The Balaban J connectivity index is 1.59. The first-order valence-electron chi connectivity index (χ1n) is 10.5. The molecule has 1 aliphatic heterocycles. The number of fused-ring (bicyclic) bond motifs is 2. The first-order valence-corrected chi connectivity index (χ1v) is 11.5. The van der Waals surface area contributed by atoms with Crippen molar-refractivity contribution in [1.29, 1.82) is 0 Å². The van der Waals surface area contributed by atoms with Crippen LogP contribution < -0.4 is 5.56 Å². The number of para-hydroxylation sites is 1. The Kier molecular flexibility index (Phi) is 5.49. The highest BCUT2D eigenvalue weighted by Crippen LogP contribution is 2.27. The predicted octanol–water partition coefficient (Wildman–Crippen LogP) is 4.30. The summed E-state index contributed by atoms with van der Waals surface area (Å²) in [5.74, 6) is 0.486. The first-order chi connectivity index (χ1) is 15.6. The van der Waals surface area contributed by atoms with Crippen LogP contribution in [0.15, 0.2) is 83.0 Å². The monoisotopic (exact) mass is 442 g/mol. The molecule has 7 heteroatoms. The first kappa shape index (κ1) is 20.5. The Morgan fingerprint density at radius 2 is 1.88 bits per heavy atom. The fourth-order valence-corrected chi connectivity index (χ4v) is 5.01. The Hall–Kier alpha value is -3.45. The van der Waals surface area contributed by atoms with Gasteiger partial charge in [0.05, 0.1) is 11.6 Å². The second-order valence-electron chi connectivity index (χ2n) is 7.77. The van der Waals surface area contributed by atoms with Gasteiger partial charge in [0.15, 0.2) is 5.16 Å². The number of benzene rings is 2. The van der Waals surface area contributed by atoms with E-state index in [4.69, 9.17) is 0 Å². The van der Waals surface area contributed by atoms with Crippen molar-refractivity contribution in [2.75, 3.05) is 5.75 Å². The third kappa shape index (κ3) is 3.69. The molecule has 0 spiro atoms. The summed E-state index contributed by atoms with van der Waals surface area (Å²) in [4.78, 5) is 37.4. The molecule has 3 heterocycles. The average Bonchev–Trinajstić information content (AvgIpc) is 3.32. The Labute approximate surface area is 189 Å². The summed E-state index contributed by atoms with van der Waals surface area (Å²) in [6.07, 6.45) is 3.20. The van der Waals surface area contributed by atoms with Gasteiger partial charge in [0.1, 0.15) is 5.56 Å². The van der Waals surface area contributed by atoms with Crippen LogP contribution in [0.3, 0.4) is 0 Å². The largest absolute Gasteiger partial charge is 0.327 e. The minimum atomic E-state index is -0.313. The molecule has 1 atom stereocenters. The van der Waals surface area contributed by atoms with E-state index in [9.17, 15) is 9.59 Å². The third-order valence-electron chi connectivity index (χ3n) is 5.88.